The Morgan fingerprint density at radius 3 is 1.00 bits per heavy atom. The molecule has 0 N–H and O–H groups in total. The third-order valence-electron chi connectivity index (χ3n) is 11.3. The molecule has 0 bridgehead atoms. The summed E-state index contributed by atoms with van der Waals surface area (Å²) in [6.45, 7) is 6.52. The quantitative estimate of drug-likeness (QED) is 0.0263. The molecule has 0 amide bonds. The van der Waals surface area contributed by atoms with E-state index in [1.54, 1.807) is 0 Å². The zero-order chi connectivity index (χ0) is 44.4. The van der Waals surface area contributed by atoms with Crippen molar-refractivity contribution in [1.82, 2.24) is 0 Å². The molecule has 0 aromatic rings. The smallest absolute Gasteiger partial charge is 0.306 e. The number of hydrogen-bond donors (Lipinski definition) is 0. The Labute approximate surface area is 378 Å². The summed E-state index contributed by atoms with van der Waals surface area (Å²) in [4.78, 5) is 37.9. The largest absolute Gasteiger partial charge is 0.462 e. The van der Waals surface area contributed by atoms with Gasteiger partial charge < -0.3 is 14.2 Å². The van der Waals surface area contributed by atoms with Gasteiger partial charge >= 0.3 is 17.9 Å². The molecule has 0 rings (SSSR count). The van der Waals surface area contributed by atoms with Crippen molar-refractivity contribution in [2.45, 2.75) is 271 Å². The highest BCUT2D eigenvalue weighted by Gasteiger charge is 2.19. The molecule has 0 aliphatic carbocycles. The fourth-order valence-corrected chi connectivity index (χ4v) is 7.43. The van der Waals surface area contributed by atoms with E-state index in [0.717, 1.165) is 89.9 Å². The lowest BCUT2D eigenvalue weighted by molar-refractivity contribution is -0.167. The Kier molecular flexibility index (Phi) is 47.9. The van der Waals surface area contributed by atoms with Crippen LogP contribution >= 0.6 is 0 Å². The molecule has 0 aromatic heterocycles. The normalized spacial score (nSPS) is 12.4. The highest BCUT2D eigenvalue weighted by molar-refractivity contribution is 5.71. The van der Waals surface area contributed by atoms with Gasteiger partial charge in [0, 0.05) is 19.3 Å². The molecule has 1 unspecified atom stereocenters. The summed E-state index contributed by atoms with van der Waals surface area (Å²) in [6.07, 6.45) is 59.5. The summed E-state index contributed by atoms with van der Waals surface area (Å²) < 4.78 is 16.8. The van der Waals surface area contributed by atoms with Gasteiger partial charge in [0.05, 0.1) is 0 Å². The van der Waals surface area contributed by atoms with E-state index in [-0.39, 0.29) is 31.1 Å². The van der Waals surface area contributed by atoms with Crippen molar-refractivity contribution in [2.24, 2.45) is 0 Å². The van der Waals surface area contributed by atoms with E-state index < -0.39 is 6.10 Å². The standard InChI is InChI=1S/C55H98O6/c1-4-7-10-13-16-19-22-24-26-27-28-29-30-32-33-36-39-42-45-48-54(57)60-51-52(50-59-53(56)47-44-41-38-35-21-18-15-12-9-6-3)61-55(58)49-46-43-40-37-34-31-25-23-20-17-14-11-8-5-2/h7,10,16,19,24,26,28-29,52H,4-6,8-9,11-15,17-18,20-23,25,27,30-51H2,1-3H3/b10-7-,19-16-,26-24-,29-28-. The number of carbonyl (C=O) groups is 3. The summed E-state index contributed by atoms with van der Waals surface area (Å²) in [5.41, 5.74) is 0. The molecule has 0 aromatic carbocycles. The van der Waals surface area contributed by atoms with Crippen LogP contribution in [0.15, 0.2) is 48.6 Å². The van der Waals surface area contributed by atoms with Crippen molar-refractivity contribution in [2.75, 3.05) is 13.2 Å². The maximum atomic E-state index is 12.8. The van der Waals surface area contributed by atoms with E-state index >= 15 is 0 Å². The minimum absolute atomic E-state index is 0.0741. The highest BCUT2D eigenvalue weighted by atomic mass is 16.6. The Balaban J connectivity index is 4.33. The predicted molar refractivity (Wildman–Crippen MR) is 261 cm³/mol. The third kappa shape index (κ3) is 48.3. The molecule has 61 heavy (non-hydrogen) atoms. The molecule has 6 heteroatoms. The Morgan fingerprint density at radius 2 is 0.639 bits per heavy atom. The molecule has 0 heterocycles. The zero-order valence-corrected chi connectivity index (χ0v) is 40.4. The van der Waals surface area contributed by atoms with Crippen LogP contribution in [0.3, 0.4) is 0 Å². The number of rotatable bonds is 47. The van der Waals surface area contributed by atoms with Crippen LogP contribution in [0, 0.1) is 0 Å². The topological polar surface area (TPSA) is 78.9 Å². The van der Waals surface area contributed by atoms with Crippen LogP contribution in [0.5, 0.6) is 0 Å². The average molecular weight is 855 g/mol. The molecular formula is C55H98O6. The number of carbonyl (C=O) groups excluding carboxylic acids is 3. The SMILES string of the molecule is CC/C=C\C/C=C\C/C=C\C/C=C\CCCCCCCCC(=O)OCC(COC(=O)CCCCCCCCCCCC)OC(=O)CCCCCCCCCCCCCCCC. The Bertz CT molecular complexity index is 1070. The van der Waals surface area contributed by atoms with Crippen LogP contribution in [0.2, 0.25) is 0 Å². The van der Waals surface area contributed by atoms with Gasteiger partial charge in [0.2, 0.25) is 0 Å². The Morgan fingerprint density at radius 1 is 0.344 bits per heavy atom. The first-order valence-electron chi connectivity index (χ1n) is 26.1. The van der Waals surface area contributed by atoms with Gasteiger partial charge in [-0.1, -0.05) is 236 Å². The lowest BCUT2D eigenvalue weighted by Crippen LogP contribution is -2.30. The van der Waals surface area contributed by atoms with Crippen molar-refractivity contribution in [3.05, 3.63) is 48.6 Å². The zero-order valence-electron chi connectivity index (χ0n) is 40.4. The lowest BCUT2D eigenvalue weighted by Gasteiger charge is -2.18. The molecule has 0 aliphatic heterocycles. The number of unbranched alkanes of at least 4 members (excludes halogenated alkanes) is 28. The van der Waals surface area contributed by atoms with E-state index in [1.807, 2.05) is 0 Å². The second-order valence-corrected chi connectivity index (χ2v) is 17.4. The summed E-state index contributed by atoms with van der Waals surface area (Å²) in [6, 6.07) is 0. The van der Waals surface area contributed by atoms with Crippen LogP contribution in [0.25, 0.3) is 0 Å². The van der Waals surface area contributed by atoms with Crippen LogP contribution in [0.1, 0.15) is 265 Å². The maximum Gasteiger partial charge on any atom is 0.306 e. The summed E-state index contributed by atoms with van der Waals surface area (Å²) in [7, 11) is 0. The monoisotopic (exact) mass is 855 g/mol. The average Bonchev–Trinajstić information content (AvgIpc) is 3.26. The van der Waals surface area contributed by atoms with Crippen molar-refractivity contribution in [1.29, 1.82) is 0 Å². The molecule has 0 spiro atoms. The number of esters is 3. The van der Waals surface area contributed by atoms with E-state index in [4.69, 9.17) is 14.2 Å². The summed E-state index contributed by atoms with van der Waals surface area (Å²) in [5, 5.41) is 0. The molecule has 0 saturated heterocycles. The van der Waals surface area contributed by atoms with Crippen LogP contribution in [-0.4, -0.2) is 37.2 Å². The van der Waals surface area contributed by atoms with E-state index in [1.165, 1.54) is 135 Å². The molecule has 0 saturated carbocycles. The first kappa shape index (κ1) is 58.4. The van der Waals surface area contributed by atoms with Crippen molar-refractivity contribution in [3.8, 4) is 0 Å². The van der Waals surface area contributed by atoms with Gasteiger partial charge in [-0.3, -0.25) is 14.4 Å². The minimum atomic E-state index is -0.773. The number of allylic oxidation sites excluding steroid dienone is 8. The predicted octanol–water partition coefficient (Wildman–Crippen LogP) is 17.1. The maximum absolute atomic E-state index is 12.8. The minimum Gasteiger partial charge on any atom is -0.462 e. The molecule has 0 aliphatic rings. The second-order valence-electron chi connectivity index (χ2n) is 17.4. The molecular weight excluding hydrogens is 757 g/mol. The van der Waals surface area contributed by atoms with Gasteiger partial charge in [-0.2, -0.15) is 0 Å². The lowest BCUT2D eigenvalue weighted by atomic mass is 10.0. The van der Waals surface area contributed by atoms with E-state index in [0.29, 0.717) is 19.3 Å². The Hall–Kier alpha value is -2.63. The first-order chi connectivity index (χ1) is 30.0. The van der Waals surface area contributed by atoms with Crippen LogP contribution in [0.4, 0.5) is 0 Å². The molecule has 0 fully saturated rings. The van der Waals surface area contributed by atoms with Crippen LogP contribution < -0.4 is 0 Å². The van der Waals surface area contributed by atoms with Crippen molar-refractivity contribution in [3.63, 3.8) is 0 Å². The molecule has 1 atom stereocenters. The highest BCUT2D eigenvalue weighted by Crippen LogP contribution is 2.16. The fraction of sp³-hybridized carbons (Fsp3) is 0.800. The fourth-order valence-electron chi connectivity index (χ4n) is 7.43. The van der Waals surface area contributed by atoms with E-state index in [2.05, 4.69) is 69.4 Å². The van der Waals surface area contributed by atoms with E-state index in [9.17, 15) is 14.4 Å². The molecule has 354 valence electrons. The van der Waals surface area contributed by atoms with Crippen LogP contribution in [-0.2, 0) is 28.6 Å². The third-order valence-corrected chi connectivity index (χ3v) is 11.3. The van der Waals surface area contributed by atoms with Gasteiger partial charge in [-0.05, 0) is 57.8 Å². The number of ether oxygens (including phenoxy) is 3. The molecule has 6 nitrogen and oxygen atoms in total. The van der Waals surface area contributed by atoms with Gasteiger partial charge in [-0.25, -0.2) is 0 Å². The second kappa shape index (κ2) is 50.0. The number of hydrogen-bond acceptors (Lipinski definition) is 6. The van der Waals surface area contributed by atoms with Crippen molar-refractivity contribution >= 4 is 17.9 Å². The van der Waals surface area contributed by atoms with Gasteiger partial charge in [0.1, 0.15) is 13.2 Å². The van der Waals surface area contributed by atoms with Gasteiger partial charge in [0.15, 0.2) is 6.10 Å². The van der Waals surface area contributed by atoms with Gasteiger partial charge in [-0.15, -0.1) is 0 Å². The van der Waals surface area contributed by atoms with Gasteiger partial charge in [0.25, 0.3) is 0 Å². The first-order valence-corrected chi connectivity index (χ1v) is 26.1. The summed E-state index contributed by atoms with van der Waals surface area (Å²) in [5.74, 6) is -0.880. The summed E-state index contributed by atoms with van der Waals surface area (Å²) >= 11 is 0. The van der Waals surface area contributed by atoms with Crippen molar-refractivity contribution < 1.29 is 28.6 Å². The molecule has 0 radical (unpaired) electrons.